The van der Waals surface area contributed by atoms with Crippen LogP contribution in [0.2, 0.25) is 0 Å². The molecule has 1 fully saturated rings. The lowest BCUT2D eigenvalue weighted by atomic mass is 10.2. The van der Waals surface area contributed by atoms with Gasteiger partial charge in [0.2, 0.25) is 0 Å². The lowest BCUT2D eigenvalue weighted by Crippen LogP contribution is -2.50. The molecule has 2 heterocycles. The van der Waals surface area contributed by atoms with Gasteiger partial charge in [-0.3, -0.25) is 10.2 Å². The number of carbonyl (C=O) groups is 1. The summed E-state index contributed by atoms with van der Waals surface area (Å²) in [4.78, 5) is 16.2. The third-order valence-electron chi connectivity index (χ3n) is 4.07. The molecular weight excluding hydrogens is 306 g/mol. The Morgan fingerprint density at radius 3 is 2.33 bits per heavy atom. The summed E-state index contributed by atoms with van der Waals surface area (Å²) in [6.07, 6.45) is 0. The second-order valence-corrected chi connectivity index (χ2v) is 5.77. The molecule has 1 saturated heterocycles. The zero-order chi connectivity index (χ0) is 17.1. The number of nitrogens with zero attached hydrogens (tertiary/aromatic N) is 2. The molecule has 1 amide bonds. The van der Waals surface area contributed by atoms with E-state index in [2.05, 4.69) is 10.2 Å². The number of furan rings is 1. The Bertz CT molecular complexity index is 730. The van der Waals surface area contributed by atoms with Gasteiger partial charge in [0.05, 0.1) is 0 Å². The molecule has 0 spiro atoms. The van der Waals surface area contributed by atoms with Gasteiger partial charge in [-0.1, -0.05) is 0 Å². The number of hydrogen-bond donors (Lipinski definition) is 3. The van der Waals surface area contributed by atoms with Gasteiger partial charge in [-0.25, -0.2) is 0 Å². The molecule has 1 aromatic heterocycles. The van der Waals surface area contributed by atoms with Gasteiger partial charge in [0, 0.05) is 37.6 Å². The van der Waals surface area contributed by atoms with Crippen molar-refractivity contribution in [3.05, 3.63) is 47.9 Å². The fourth-order valence-electron chi connectivity index (χ4n) is 2.71. The quantitative estimate of drug-likeness (QED) is 0.590. The predicted molar refractivity (Wildman–Crippen MR) is 93.5 cm³/mol. The van der Waals surface area contributed by atoms with Crippen molar-refractivity contribution < 1.29 is 9.21 Å². The normalized spacial score (nSPS) is 14.5. The van der Waals surface area contributed by atoms with E-state index in [9.17, 15) is 4.79 Å². The zero-order valence-electron chi connectivity index (χ0n) is 13.6. The summed E-state index contributed by atoms with van der Waals surface area (Å²) >= 11 is 0. The maximum atomic E-state index is 12.1. The van der Waals surface area contributed by atoms with E-state index < -0.39 is 0 Å². The molecule has 0 bridgehead atoms. The van der Waals surface area contributed by atoms with Gasteiger partial charge in [-0.2, -0.15) is 0 Å². The first-order chi connectivity index (χ1) is 11.5. The van der Waals surface area contributed by atoms with Crippen molar-refractivity contribution in [1.82, 2.24) is 4.90 Å². The molecule has 0 radical (unpaired) electrons. The van der Waals surface area contributed by atoms with E-state index in [0.717, 1.165) is 37.6 Å². The molecule has 0 atom stereocenters. The maximum Gasteiger partial charge on any atom is 0.291 e. The molecule has 0 aliphatic carbocycles. The predicted octanol–water partition coefficient (Wildman–Crippen LogP) is 1.86. The number of carbonyl (C=O) groups excluding carboxylic acids is 1. The van der Waals surface area contributed by atoms with Gasteiger partial charge in [0.15, 0.2) is 11.7 Å². The fraction of sp³-hybridized carbons (Fsp3) is 0.294. The summed E-state index contributed by atoms with van der Waals surface area (Å²) in [5.41, 5.74) is 7.32. The van der Waals surface area contributed by atoms with Crippen molar-refractivity contribution in [3.63, 3.8) is 0 Å². The van der Waals surface area contributed by atoms with Crippen LogP contribution in [-0.4, -0.2) is 42.9 Å². The van der Waals surface area contributed by atoms with E-state index in [1.807, 2.05) is 29.2 Å². The lowest BCUT2D eigenvalue weighted by molar-refractivity contribution is 0.0995. The van der Waals surface area contributed by atoms with Gasteiger partial charge in [0.25, 0.3) is 5.91 Å². The van der Waals surface area contributed by atoms with E-state index in [4.69, 9.17) is 15.6 Å². The average molecular weight is 327 g/mol. The van der Waals surface area contributed by atoms with Crippen molar-refractivity contribution in [2.75, 3.05) is 36.4 Å². The molecule has 1 aromatic carbocycles. The Hall–Kier alpha value is -2.96. The topological polar surface area (TPSA) is 98.6 Å². The van der Waals surface area contributed by atoms with Crippen molar-refractivity contribution in [2.45, 2.75) is 6.92 Å². The van der Waals surface area contributed by atoms with Gasteiger partial charge < -0.3 is 25.3 Å². The number of nitrogens with two attached hydrogens (primary N) is 1. The van der Waals surface area contributed by atoms with Gasteiger partial charge >= 0.3 is 0 Å². The summed E-state index contributed by atoms with van der Waals surface area (Å²) in [6, 6.07) is 11.1. The van der Waals surface area contributed by atoms with Crippen LogP contribution >= 0.6 is 0 Å². The molecule has 7 nitrogen and oxygen atoms in total. The molecule has 7 heteroatoms. The van der Waals surface area contributed by atoms with Gasteiger partial charge in [0.1, 0.15) is 5.76 Å². The van der Waals surface area contributed by atoms with Gasteiger partial charge in [-0.05, 0) is 43.3 Å². The highest BCUT2D eigenvalue weighted by Gasteiger charge is 2.18. The van der Waals surface area contributed by atoms with E-state index in [1.165, 1.54) is 0 Å². The molecule has 2 aromatic rings. The molecule has 1 aliphatic rings. The van der Waals surface area contributed by atoms with Gasteiger partial charge in [-0.15, -0.1) is 0 Å². The molecular formula is C17H21N5O2. The Morgan fingerprint density at radius 2 is 1.79 bits per heavy atom. The van der Waals surface area contributed by atoms with Crippen LogP contribution in [0.4, 0.5) is 11.4 Å². The van der Waals surface area contributed by atoms with E-state index in [1.54, 1.807) is 19.1 Å². The standard InChI is InChI=1S/C17H21N5O2/c1-12-2-7-15(24-12)16(23)20-13-3-5-14(6-4-13)21-8-10-22(11-9-21)17(18)19/h2-7H,8-11H2,1H3,(H3,18,19)(H,20,23). The minimum atomic E-state index is -0.258. The highest BCUT2D eigenvalue weighted by molar-refractivity contribution is 6.02. The number of aryl methyl sites for hydroxylation is 1. The van der Waals surface area contributed by atoms with Crippen molar-refractivity contribution in [1.29, 1.82) is 5.41 Å². The first kappa shape index (κ1) is 15.9. The smallest absolute Gasteiger partial charge is 0.291 e. The number of amides is 1. The Labute approximate surface area is 140 Å². The molecule has 3 rings (SSSR count). The van der Waals surface area contributed by atoms with E-state index in [-0.39, 0.29) is 11.9 Å². The van der Waals surface area contributed by atoms with Crippen LogP contribution in [0, 0.1) is 12.3 Å². The first-order valence-electron chi connectivity index (χ1n) is 7.85. The molecule has 0 unspecified atom stereocenters. The number of hydrogen-bond acceptors (Lipinski definition) is 4. The summed E-state index contributed by atoms with van der Waals surface area (Å²) < 4.78 is 5.31. The second-order valence-electron chi connectivity index (χ2n) is 5.77. The van der Waals surface area contributed by atoms with Crippen LogP contribution in [0.15, 0.2) is 40.8 Å². The minimum absolute atomic E-state index is 0.126. The molecule has 4 N–H and O–H groups in total. The number of piperazine rings is 1. The highest BCUT2D eigenvalue weighted by Crippen LogP contribution is 2.20. The zero-order valence-corrected chi connectivity index (χ0v) is 13.6. The Morgan fingerprint density at radius 1 is 1.12 bits per heavy atom. The molecule has 24 heavy (non-hydrogen) atoms. The second kappa shape index (κ2) is 6.66. The molecule has 126 valence electrons. The summed E-state index contributed by atoms with van der Waals surface area (Å²) in [7, 11) is 0. The SMILES string of the molecule is Cc1ccc(C(=O)Nc2ccc(N3CCN(C(=N)N)CC3)cc2)o1. The monoisotopic (exact) mass is 327 g/mol. The average Bonchev–Trinajstić information content (AvgIpc) is 3.02. The van der Waals surface area contributed by atoms with Crippen molar-refractivity contribution >= 4 is 23.2 Å². The number of benzene rings is 1. The number of nitrogens with one attached hydrogen (secondary N) is 2. The van der Waals surface area contributed by atoms with Crippen LogP contribution in [0.5, 0.6) is 0 Å². The number of rotatable bonds is 3. The maximum absolute atomic E-state index is 12.1. The molecule has 0 saturated carbocycles. The van der Waals surface area contributed by atoms with Crippen LogP contribution in [0.1, 0.15) is 16.3 Å². The highest BCUT2D eigenvalue weighted by atomic mass is 16.3. The summed E-state index contributed by atoms with van der Waals surface area (Å²) in [5, 5.41) is 10.3. The summed E-state index contributed by atoms with van der Waals surface area (Å²) in [5.74, 6) is 0.879. The first-order valence-corrected chi connectivity index (χ1v) is 7.85. The third-order valence-corrected chi connectivity index (χ3v) is 4.07. The minimum Gasteiger partial charge on any atom is -0.456 e. The largest absolute Gasteiger partial charge is 0.456 e. The third kappa shape index (κ3) is 3.51. The van der Waals surface area contributed by atoms with E-state index >= 15 is 0 Å². The lowest BCUT2D eigenvalue weighted by Gasteiger charge is -2.36. The van der Waals surface area contributed by atoms with Crippen molar-refractivity contribution in [3.8, 4) is 0 Å². The van der Waals surface area contributed by atoms with Crippen LogP contribution in [0.3, 0.4) is 0 Å². The van der Waals surface area contributed by atoms with Crippen LogP contribution in [0.25, 0.3) is 0 Å². The Kier molecular flexibility index (Phi) is 4.41. The van der Waals surface area contributed by atoms with Crippen molar-refractivity contribution in [2.24, 2.45) is 5.73 Å². The van der Waals surface area contributed by atoms with Crippen LogP contribution in [-0.2, 0) is 0 Å². The van der Waals surface area contributed by atoms with Crippen LogP contribution < -0.4 is 16.0 Å². The number of anilines is 2. The van der Waals surface area contributed by atoms with E-state index in [0.29, 0.717) is 11.5 Å². The summed E-state index contributed by atoms with van der Waals surface area (Å²) in [6.45, 7) is 4.92. The molecule has 1 aliphatic heterocycles. The number of guanidine groups is 1. The Balaban J connectivity index is 1.59. The fourth-order valence-corrected chi connectivity index (χ4v) is 2.71.